The second-order valence-corrected chi connectivity index (χ2v) is 9.07. The zero-order chi connectivity index (χ0) is 28.1. The number of aromatic nitrogens is 4. The van der Waals surface area contributed by atoms with Crippen LogP contribution >= 0.6 is 0 Å². The number of nitriles is 1. The van der Waals surface area contributed by atoms with Crippen LogP contribution in [0.3, 0.4) is 0 Å². The van der Waals surface area contributed by atoms with Crippen LogP contribution in [0.5, 0.6) is 11.5 Å². The molecule has 0 bridgehead atoms. The number of nitrogens with zero attached hydrogens (tertiary/aromatic N) is 5. The average molecular weight is 532 g/mol. The molecule has 0 amide bonds. The van der Waals surface area contributed by atoms with Gasteiger partial charge in [-0.2, -0.15) is 5.26 Å². The molecule has 198 valence electrons. The standard InChI is InChI=1S/C31H25N5O4/c1-21-7-3-6-10-28(21)36-18-24(11-14-30(36)37)31(38)27-13-12-26(39-2)15-29(27)40-20-25-19-35(34-33-25)17-23-9-5-4-8-22(23)16-32/h3-15,18-19H,17,20H2,1-2H3. The summed E-state index contributed by atoms with van der Waals surface area (Å²) in [7, 11) is 1.53. The van der Waals surface area contributed by atoms with Crippen LogP contribution in [0.15, 0.2) is 96.1 Å². The summed E-state index contributed by atoms with van der Waals surface area (Å²) in [6.07, 6.45) is 3.28. The third-order valence-electron chi connectivity index (χ3n) is 6.41. The Morgan fingerprint density at radius 1 is 1.00 bits per heavy atom. The number of carbonyl (C=O) groups excluding carboxylic acids is 1. The van der Waals surface area contributed by atoms with Crippen LogP contribution in [0, 0.1) is 18.3 Å². The predicted molar refractivity (Wildman–Crippen MR) is 148 cm³/mol. The fourth-order valence-electron chi connectivity index (χ4n) is 4.31. The molecule has 0 saturated carbocycles. The van der Waals surface area contributed by atoms with Crippen LogP contribution < -0.4 is 15.0 Å². The van der Waals surface area contributed by atoms with E-state index in [9.17, 15) is 14.9 Å². The van der Waals surface area contributed by atoms with Gasteiger partial charge in [-0.3, -0.25) is 14.2 Å². The van der Waals surface area contributed by atoms with E-state index in [1.165, 1.54) is 23.8 Å². The van der Waals surface area contributed by atoms with Crippen molar-refractivity contribution in [3.05, 3.63) is 135 Å². The lowest BCUT2D eigenvalue weighted by Crippen LogP contribution is -2.19. The molecule has 40 heavy (non-hydrogen) atoms. The average Bonchev–Trinajstić information content (AvgIpc) is 3.43. The number of rotatable bonds is 9. The molecule has 0 fully saturated rings. The van der Waals surface area contributed by atoms with E-state index >= 15 is 0 Å². The number of carbonyl (C=O) groups is 1. The van der Waals surface area contributed by atoms with Crippen molar-refractivity contribution in [2.75, 3.05) is 7.11 Å². The molecular weight excluding hydrogens is 506 g/mol. The van der Waals surface area contributed by atoms with Crippen LogP contribution in [-0.4, -0.2) is 32.5 Å². The molecular formula is C31H25N5O4. The summed E-state index contributed by atoms with van der Waals surface area (Å²) in [6.45, 7) is 2.34. The Labute approximate surface area is 230 Å². The highest BCUT2D eigenvalue weighted by molar-refractivity contribution is 6.10. The van der Waals surface area contributed by atoms with Crippen molar-refractivity contribution in [3.63, 3.8) is 0 Å². The van der Waals surface area contributed by atoms with Crippen LogP contribution in [0.1, 0.15) is 38.3 Å². The number of ether oxygens (including phenoxy) is 2. The van der Waals surface area contributed by atoms with E-state index in [2.05, 4.69) is 16.4 Å². The van der Waals surface area contributed by atoms with Gasteiger partial charge in [0.1, 0.15) is 23.8 Å². The number of ketones is 1. The summed E-state index contributed by atoms with van der Waals surface area (Å²) in [5, 5.41) is 17.7. The van der Waals surface area contributed by atoms with E-state index in [0.717, 1.165) is 11.1 Å². The highest BCUT2D eigenvalue weighted by atomic mass is 16.5. The molecule has 9 heteroatoms. The molecule has 0 atom stereocenters. The molecule has 5 aromatic rings. The van der Waals surface area contributed by atoms with Gasteiger partial charge in [0.25, 0.3) is 5.56 Å². The molecule has 0 aliphatic heterocycles. The fourth-order valence-corrected chi connectivity index (χ4v) is 4.31. The van der Waals surface area contributed by atoms with Gasteiger partial charge >= 0.3 is 0 Å². The number of hydrogen-bond donors (Lipinski definition) is 0. The van der Waals surface area contributed by atoms with Gasteiger partial charge in [0.2, 0.25) is 0 Å². The van der Waals surface area contributed by atoms with Crippen molar-refractivity contribution in [3.8, 4) is 23.3 Å². The van der Waals surface area contributed by atoms with Crippen molar-refractivity contribution >= 4 is 5.78 Å². The molecule has 2 heterocycles. The summed E-state index contributed by atoms with van der Waals surface area (Å²) in [5.74, 6) is 0.521. The second-order valence-electron chi connectivity index (χ2n) is 9.07. The molecule has 0 spiro atoms. The minimum atomic E-state index is -0.309. The van der Waals surface area contributed by atoms with E-state index in [1.54, 1.807) is 41.3 Å². The van der Waals surface area contributed by atoms with Gasteiger partial charge in [0.05, 0.1) is 42.7 Å². The summed E-state index contributed by atoms with van der Waals surface area (Å²) in [4.78, 5) is 26.3. The fraction of sp³-hybridized carbons (Fsp3) is 0.129. The van der Waals surface area contributed by atoms with Gasteiger partial charge < -0.3 is 9.47 Å². The lowest BCUT2D eigenvalue weighted by molar-refractivity contribution is 0.103. The molecule has 2 aromatic heterocycles. The number of pyridine rings is 1. The number of aryl methyl sites for hydroxylation is 1. The van der Waals surface area contributed by atoms with Crippen LogP contribution in [0.25, 0.3) is 5.69 Å². The zero-order valence-corrected chi connectivity index (χ0v) is 21.9. The normalized spacial score (nSPS) is 10.6. The third kappa shape index (κ3) is 5.51. The number of hydrogen-bond acceptors (Lipinski definition) is 7. The van der Waals surface area contributed by atoms with Crippen LogP contribution in [-0.2, 0) is 13.2 Å². The van der Waals surface area contributed by atoms with Gasteiger partial charge in [0, 0.05) is 23.9 Å². The molecule has 5 rings (SSSR count). The van der Waals surface area contributed by atoms with Gasteiger partial charge in [-0.25, -0.2) is 4.68 Å². The van der Waals surface area contributed by atoms with Crippen molar-refractivity contribution in [2.24, 2.45) is 0 Å². The molecule has 0 aliphatic rings. The SMILES string of the molecule is COc1ccc(C(=O)c2ccc(=O)n(-c3ccccc3C)c2)c(OCc2cn(Cc3ccccc3C#N)nn2)c1. The Balaban J connectivity index is 1.39. The summed E-state index contributed by atoms with van der Waals surface area (Å²) >= 11 is 0. The Hall–Kier alpha value is -5.49. The molecule has 9 nitrogen and oxygen atoms in total. The zero-order valence-electron chi connectivity index (χ0n) is 21.9. The first-order valence-corrected chi connectivity index (χ1v) is 12.5. The van der Waals surface area contributed by atoms with E-state index in [4.69, 9.17) is 9.47 Å². The molecule has 0 radical (unpaired) electrons. The van der Waals surface area contributed by atoms with Crippen molar-refractivity contribution in [2.45, 2.75) is 20.1 Å². The molecule has 0 aliphatic carbocycles. The Morgan fingerprint density at radius 2 is 1.80 bits per heavy atom. The minimum Gasteiger partial charge on any atom is -0.497 e. The quantitative estimate of drug-likeness (QED) is 0.258. The molecule has 0 unspecified atom stereocenters. The number of para-hydroxylation sites is 1. The maximum atomic E-state index is 13.6. The van der Waals surface area contributed by atoms with Gasteiger partial charge in [-0.15, -0.1) is 5.10 Å². The Kier molecular flexibility index (Phi) is 7.51. The topological polar surface area (TPSA) is 112 Å². The smallest absolute Gasteiger partial charge is 0.255 e. The predicted octanol–water partition coefficient (Wildman–Crippen LogP) is 4.48. The molecule has 0 saturated heterocycles. The number of benzene rings is 3. The monoisotopic (exact) mass is 531 g/mol. The van der Waals surface area contributed by atoms with E-state index in [-0.39, 0.29) is 17.9 Å². The highest BCUT2D eigenvalue weighted by Gasteiger charge is 2.18. The molecule has 3 aromatic carbocycles. The lowest BCUT2D eigenvalue weighted by Gasteiger charge is -2.13. The number of methoxy groups -OCH3 is 1. The maximum Gasteiger partial charge on any atom is 0.255 e. The van der Waals surface area contributed by atoms with Crippen molar-refractivity contribution in [1.82, 2.24) is 19.6 Å². The highest BCUT2D eigenvalue weighted by Crippen LogP contribution is 2.28. The first-order valence-electron chi connectivity index (χ1n) is 12.5. The summed E-state index contributed by atoms with van der Waals surface area (Å²) in [5.41, 5.74) is 3.97. The largest absolute Gasteiger partial charge is 0.497 e. The Bertz CT molecular complexity index is 1800. The first kappa shape index (κ1) is 26.1. The summed E-state index contributed by atoms with van der Waals surface area (Å²) in [6, 6.07) is 24.8. The third-order valence-corrected chi connectivity index (χ3v) is 6.41. The lowest BCUT2D eigenvalue weighted by atomic mass is 10.0. The molecule has 0 N–H and O–H groups in total. The Morgan fingerprint density at radius 3 is 2.60 bits per heavy atom. The van der Waals surface area contributed by atoms with Gasteiger partial charge in [-0.1, -0.05) is 41.6 Å². The summed E-state index contributed by atoms with van der Waals surface area (Å²) < 4.78 is 14.5. The van der Waals surface area contributed by atoms with Crippen molar-refractivity contribution < 1.29 is 14.3 Å². The van der Waals surface area contributed by atoms with Gasteiger partial charge in [0.15, 0.2) is 5.78 Å². The van der Waals surface area contributed by atoms with E-state index in [0.29, 0.717) is 46.1 Å². The first-order chi connectivity index (χ1) is 19.5. The minimum absolute atomic E-state index is 0.0516. The van der Waals surface area contributed by atoms with Gasteiger partial charge in [-0.05, 0) is 48.4 Å². The van der Waals surface area contributed by atoms with E-state index < -0.39 is 0 Å². The maximum absolute atomic E-state index is 13.6. The van der Waals surface area contributed by atoms with Crippen molar-refractivity contribution in [1.29, 1.82) is 5.26 Å². The second kappa shape index (κ2) is 11.5. The van der Waals surface area contributed by atoms with Crippen LogP contribution in [0.4, 0.5) is 0 Å². The van der Waals surface area contributed by atoms with Crippen LogP contribution in [0.2, 0.25) is 0 Å². The van der Waals surface area contributed by atoms with E-state index in [1.807, 2.05) is 49.4 Å².